The van der Waals surface area contributed by atoms with Gasteiger partial charge < -0.3 is 9.88 Å². The van der Waals surface area contributed by atoms with Gasteiger partial charge in [-0.25, -0.2) is 0 Å². The summed E-state index contributed by atoms with van der Waals surface area (Å²) in [6, 6.07) is 2.92. The number of aromatic nitrogens is 1. The van der Waals surface area contributed by atoms with Gasteiger partial charge in [0.05, 0.1) is 15.7 Å². The van der Waals surface area contributed by atoms with Crippen molar-refractivity contribution in [3.63, 3.8) is 0 Å². The van der Waals surface area contributed by atoms with Gasteiger partial charge in [0.15, 0.2) is 4.80 Å². The number of carbonyl (C=O) groups is 2. The Bertz CT molecular complexity index is 855. The molecule has 2 amide bonds. The van der Waals surface area contributed by atoms with Crippen molar-refractivity contribution < 1.29 is 9.59 Å². The van der Waals surface area contributed by atoms with Crippen molar-refractivity contribution in [3.8, 4) is 0 Å². The Morgan fingerprint density at radius 2 is 1.84 bits per heavy atom. The number of nitrogens with zero attached hydrogens (tertiary/aromatic N) is 2. The Morgan fingerprint density at radius 1 is 1.24 bits per heavy atom. The van der Waals surface area contributed by atoms with Gasteiger partial charge in [-0.05, 0) is 17.5 Å². The van der Waals surface area contributed by atoms with E-state index in [-0.39, 0.29) is 26.9 Å². The molecule has 1 N–H and O–H groups in total. The SMILES string of the molecule is Cn1ccsc1=NC(=O)c1cc(Cl)c(NC(=O)CC(C)(C)C)c(Cl)c1. The van der Waals surface area contributed by atoms with Crippen molar-refractivity contribution >= 4 is 52.0 Å². The zero-order valence-corrected chi connectivity index (χ0v) is 16.7. The van der Waals surface area contributed by atoms with Crippen molar-refractivity contribution in [2.45, 2.75) is 27.2 Å². The predicted octanol–water partition coefficient (Wildman–Crippen LogP) is 4.51. The summed E-state index contributed by atoms with van der Waals surface area (Å²) in [6.07, 6.45) is 2.13. The number of hydrogen-bond donors (Lipinski definition) is 1. The molecule has 0 aliphatic heterocycles. The van der Waals surface area contributed by atoms with Crippen molar-refractivity contribution in [1.82, 2.24) is 4.57 Å². The van der Waals surface area contributed by atoms with E-state index in [0.29, 0.717) is 16.9 Å². The number of amides is 2. The van der Waals surface area contributed by atoms with Crippen molar-refractivity contribution in [1.29, 1.82) is 0 Å². The van der Waals surface area contributed by atoms with Gasteiger partial charge in [-0.2, -0.15) is 4.99 Å². The highest BCUT2D eigenvalue weighted by atomic mass is 35.5. The van der Waals surface area contributed by atoms with Crippen LogP contribution in [0, 0.1) is 5.41 Å². The largest absolute Gasteiger partial charge is 0.327 e. The summed E-state index contributed by atoms with van der Waals surface area (Å²) in [4.78, 5) is 29.0. The van der Waals surface area contributed by atoms with Gasteiger partial charge in [0.1, 0.15) is 0 Å². The van der Waals surface area contributed by atoms with Gasteiger partial charge in [-0.15, -0.1) is 11.3 Å². The number of anilines is 1. The first-order chi connectivity index (χ1) is 11.6. The maximum absolute atomic E-state index is 12.3. The molecule has 0 aliphatic rings. The first-order valence-electron chi connectivity index (χ1n) is 7.55. The molecule has 0 radical (unpaired) electrons. The Labute approximate surface area is 160 Å². The lowest BCUT2D eigenvalue weighted by atomic mass is 9.92. The first kappa shape index (κ1) is 19.7. The number of thiazole rings is 1. The second-order valence-electron chi connectivity index (χ2n) is 6.81. The molecule has 0 saturated heterocycles. The summed E-state index contributed by atoms with van der Waals surface area (Å²) in [7, 11) is 1.80. The molecule has 0 spiro atoms. The number of hydrogen-bond acceptors (Lipinski definition) is 3. The molecule has 0 fully saturated rings. The number of halogens is 2. The van der Waals surface area contributed by atoms with Crippen LogP contribution in [0.25, 0.3) is 0 Å². The highest BCUT2D eigenvalue weighted by Crippen LogP contribution is 2.33. The van der Waals surface area contributed by atoms with Crippen molar-refractivity contribution in [2.75, 3.05) is 5.32 Å². The first-order valence-corrected chi connectivity index (χ1v) is 9.18. The summed E-state index contributed by atoms with van der Waals surface area (Å²) < 4.78 is 1.74. The lowest BCUT2D eigenvalue weighted by Crippen LogP contribution is -2.20. The fraction of sp³-hybridized carbons (Fsp3) is 0.353. The second kappa shape index (κ2) is 7.72. The molecule has 1 aromatic heterocycles. The number of rotatable bonds is 3. The molecule has 0 saturated carbocycles. The number of nitrogens with one attached hydrogen (secondary N) is 1. The predicted molar refractivity (Wildman–Crippen MR) is 102 cm³/mol. The minimum atomic E-state index is -0.450. The minimum Gasteiger partial charge on any atom is -0.327 e. The molecule has 5 nitrogen and oxygen atoms in total. The van der Waals surface area contributed by atoms with Crippen LogP contribution in [0.1, 0.15) is 37.6 Å². The molecule has 2 rings (SSSR count). The molecule has 8 heteroatoms. The molecule has 134 valence electrons. The van der Waals surface area contributed by atoms with E-state index in [9.17, 15) is 9.59 Å². The molecule has 0 unspecified atom stereocenters. The lowest BCUT2D eigenvalue weighted by molar-refractivity contribution is -0.117. The van der Waals surface area contributed by atoms with Crippen LogP contribution in [0.5, 0.6) is 0 Å². The summed E-state index contributed by atoms with van der Waals surface area (Å²) in [5, 5.41) is 4.94. The maximum atomic E-state index is 12.3. The Balaban J connectivity index is 2.27. The lowest BCUT2D eigenvalue weighted by Gasteiger charge is -2.18. The van der Waals surface area contributed by atoms with E-state index < -0.39 is 5.91 Å². The maximum Gasteiger partial charge on any atom is 0.279 e. The smallest absolute Gasteiger partial charge is 0.279 e. The average molecular weight is 400 g/mol. The van der Waals surface area contributed by atoms with Crippen LogP contribution in [0.4, 0.5) is 5.69 Å². The quantitative estimate of drug-likeness (QED) is 0.824. The van der Waals surface area contributed by atoms with E-state index in [1.54, 1.807) is 11.6 Å². The third-order valence-electron chi connectivity index (χ3n) is 3.20. The van der Waals surface area contributed by atoms with Crippen LogP contribution in [0.2, 0.25) is 10.0 Å². The van der Waals surface area contributed by atoms with Crippen LogP contribution < -0.4 is 10.1 Å². The van der Waals surface area contributed by atoms with Crippen molar-refractivity contribution in [2.24, 2.45) is 17.5 Å². The Hall–Kier alpha value is -1.63. The fourth-order valence-electron chi connectivity index (χ4n) is 2.07. The molecule has 1 aromatic carbocycles. The van der Waals surface area contributed by atoms with Gasteiger partial charge in [0.2, 0.25) is 5.91 Å². The Kier molecular flexibility index (Phi) is 6.08. The van der Waals surface area contributed by atoms with Crippen LogP contribution in [0.15, 0.2) is 28.7 Å². The molecule has 2 aromatic rings. The second-order valence-corrected chi connectivity index (χ2v) is 8.50. The Morgan fingerprint density at radius 3 is 2.32 bits per heavy atom. The summed E-state index contributed by atoms with van der Waals surface area (Å²) in [6.45, 7) is 5.89. The van der Waals surface area contributed by atoms with Crippen LogP contribution in [-0.2, 0) is 11.8 Å². The molecular formula is C17H19Cl2N3O2S. The van der Waals surface area contributed by atoms with Gasteiger partial charge in [0.25, 0.3) is 5.91 Å². The zero-order valence-electron chi connectivity index (χ0n) is 14.4. The van der Waals surface area contributed by atoms with E-state index in [0.717, 1.165) is 0 Å². The van der Waals surface area contributed by atoms with E-state index in [1.807, 2.05) is 32.3 Å². The topological polar surface area (TPSA) is 63.5 Å². The molecule has 25 heavy (non-hydrogen) atoms. The minimum absolute atomic E-state index is 0.159. The van der Waals surface area contributed by atoms with E-state index in [2.05, 4.69) is 10.3 Å². The highest BCUT2D eigenvalue weighted by Gasteiger charge is 2.19. The summed E-state index contributed by atoms with van der Waals surface area (Å²) >= 11 is 13.8. The van der Waals surface area contributed by atoms with Gasteiger partial charge in [-0.1, -0.05) is 44.0 Å². The summed E-state index contributed by atoms with van der Waals surface area (Å²) in [5.41, 5.74) is 0.404. The van der Waals surface area contributed by atoms with Crippen LogP contribution in [-0.4, -0.2) is 16.4 Å². The van der Waals surface area contributed by atoms with Gasteiger partial charge in [-0.3, -0.25) is 9.59 Å². The third kappa shape index (κ3) is 5.42. The van der Waals surface area contributed by atoms with E-state index >= 15 is 0 Å². The standard InChI is InChI=1S/C17H19Cl2N3O2S/c1-17(2,3)9-13(23)20-14-11(18)7-10(8-12(14)19)15(24)21-16-22(4)5-6-25-16/h5-8H,9H2,1-4H3,(H,20,23). The molecule has 0 aliphatic carbocycles. The highest BCUT2D eigenvalue weighted by molar-refractivity contribution is 7.07. The zero-order chi connectivity index (χ0) is 18.8. The molecule has 0 atom stereocenters. The average Bonchev–Trinajstić information content (AvgIpc) is 2.86. The molecule has 1 heterocycles. The number of benzene rings is 1. The normalized spacial score (nSPS) is 12.3. The number of carbonyl (C=O) groups excluding carboxylic acids is 2. The van der Waals surface area contributed by atoms with E-state index in [1.165, 1.54) is 23.5 Å². The van der Waals surface area contributed by atoms with Gasteiger partial charge in [0, 0.05) is 30.6 Å². The summed E-state index contributed by atoms with van der Waals surface area (Å²) in [5.74, 6) is -0.639. The van der Waals surface area contributed by atoms with Gasteiger partial charge >= 0.3 is 0 Å². The molecule has 0 bridgehead atoms. The molecular weight excluding hydrogens is 381 g/mol. The fourth-order valence-corrected chi connectivity index (χ4v) is 3.38. The van der Waals surface area contributed by atoms with Crippen LogP contribution >= 0.6 is 34.5 Å². The number of aryl methyl sites for hydroxylation is 1. The third-order valence-corrected chi connectivity index (χ3v) is 4.65. The van der Waals surface area contributed by atoms with Crippen molar-refractivity contribution in [3.05, 3.63) is 44.1 Å². The van der Waals surface area contributed by atoms with E-state index in [4.69, 9.17) is 23.2 Å². The monoisotopic (exact) mass is 399 g/mol. The van der Waals surface area contributed by atoms with Crippen LogP contribution in [0.3, 0.4) is 0 Å².